The van der Waals surface area contributed by atoms with E-state index in [0.717, 1.165) is 17.8 Å². The lowest BCUT2D eigenvalue weighted by molar-refractivity contribution is -0.126. The maximum Gasteiger partial charge on any atom is 0.286 e. The van der Waals surface area contributed by atoms with E-state index >= 15 is 0 Å². The number of carbonyl (C=O) groups is 3. The second kappa shape index (κ2) is 10.5. The average Bonchev–Trinajstić information content (AvgIpc) is 3.25. The fourth-order valence-electron chi connectivity index (χ4n) is 3.05. The van der Waals surface area contributed by atoms with Crippen molar-refractivity contribution in [3.05, 3.63) is 39.3 Å². The zero-order valence-corrected chi connectivity index (χ0v) is 18.0. The monoisotopic (exact) mass is 451 g/mol. The van der Waals surface area contributed by atoms with Crippen molar-refractivity contribution in [1.29, 1.82) is 0 Å². The number of amides is 3. The van der Waals surface area contributed by atoms with E-state index in [2.05, 4.69) is 20.8 Å². The van der Waals surface area contributed by atoms with Gasteiger partial charge in [-0.15, -0.1) is 10.2 Å². The number of anilines is 1. The molecule has 3 rings (SSSR count). The van der Waals surface area contributed by atoms with E-state index in [-0.39, 0.29) is 27.7 Å². The van der Waals surface area contributed by atoms with Gasteiger partial charge in [0.05, 0.1) is 12.5 Å². The van der Waals surface area contributed by atoms with Gasteiger partial charge in [-0.1, -0.05) is 22.9 Å². The van der Waals surface area contributed by atoms with E-state index < -0.39 is 5.91 Å². The third kappa shape index (κ3) is 5.74. The highest BCUT2D eigenvalue weighted by molar-refractivity contribution is 7.15. The minimum atomic E-state index is -0.456. The summed E-state index contributed by atoms with van der Waals surface area (Å²) < 4.78 is 4.93. The maximum atomic E-state index is 12.8. The summed E-state index contributed by atoms with van der Waals surface area (Å²) in [6.07, 6.45) is 1.43. The van der Waals surface area contributed by atoms with Crippen LogP contribution in [-0.4, -0.2) is 66.2 Å². The van der Waals surface area contributed by atoms with Crippen molar-refractivity contribution in [1.82, 2.24) is 20.4 Å². The van der Waals surface area contributed by atoms with Crippen molar-refractivity contribution in [2.75, 3.05) is 38.7 Å². The molecule has 2 aromatic rings. The quantitative estimate of drug-likeness (QED) is 0.623. The van der Waals surface area contributed by atoms with Gasteiger partial charge in [0, 0.05) is 37.5 Å². The van der Waals surface area contributed by atoms with E-state index in [1.807, 2.05) is 0 Å². The van der Waals surface area contributed by atoms with Gasteiger partial charge in [0.2, 0.25) is 15.9 Å². The van der Waals surface area contributed by atoms with Gasteiger partial charge in [-0.3, -0.25) is 14.4 Å². The highest BCUT2D eigenvalue weighted by Crippen LogP contribution is 2.21. The van der Waals surface area contributed by atoms with Gasteiger partial charge in [-0.05, 0) is 37.1 Å². The fraction of sp³-hybridized carbons (Fsp3) is 0.421. The van der Waals surface area contributed by atoms with Crippen LogP contribution in [0.15, 0.2) is 24.3 Å². The summed E-state index contributed by atoms with van der Waals surface area (Å²) in [6.45, 7) is 1.71. The number of halogens is 1. The molecule has 160 valence electrons. The molecule has 1 aromatic carbocycles. The Balaban J connectivity index is 1.59. The SMILES string of the molecule is COCCNC(=O)[C@@H]1CCCN(C(=O)c2nnc(C(=O)Nc3ccc(Cl)cc3)s2)C1. The third-order valence-electron chi connectivity index (χ3n) is 4.59. The van der Waals surface area contributed by atoms with Gasteiger partial charge in [-0.2, -0.15) is 0 Å². The first-order valence-electron chi connectivity index (χ1n) is 9.44. The second-order valence-electron chi connectivity index (χ2n) is 6.75. The van der Waals surface area contributed by atoms with Gasteiger partial charge in [0.15, 0.2) is 0 Å². The lowest BCUT2D eigenvalue weighted by Gasteiger charge is -2.31. The minimum absolute atomic E-state index is 0.0826. The number of nitrogens with zero attached hydrogens (tertiary/aromatic N) is 3. The van der Waals surface area contributed by atoms with Crippen LogP contribution in [0.5, 0.6) is 0 Å². The van der Waals surface area contributed by atoms with E-state index in [4.69, 9.17) is 16.3 Å². The molecule has 1 aliphatic rings. The van der Waals surface area contributed by atoms with Crippen molar-refractivity contribution in [2.45, 2.75) is 12.8 Å². The summed E-state index contributed by atoms with van der Waals surface area (Å²) in [7, 11) is 1.57. The molecule has 1 atom stereocenters. The molecule has 0 bridgehead atoms. The first kappa shape index (κ1) is 22.1. The van der Waals surface area contributed by atoms with Gasteiger partial charge >= 0.3 is 0 Å². The Morgan fingerprint density at radius 3 is 2.70 bits per heavy atom. The highest BCUT2D eigenvalue weighted by atomic mass is 35.5. The standard InChI is InChI=1S/C19H22ClN5O4S/c1-29-10-8-21-15(26)12-3-2-9-25(11-12)19(28)18-24-23-17(30-18)16(27)22-14-6-4-13(20)5-7-14/h4-7,12H,2-3,8-11H2,1H3,(H,21,26)(H,22,27)/t12-/m1/s1. The summed E-state index contributed by atoms with van der Waals surface area (Å²) in [5.74, 6) is -1.15. The fourth-order valence-corrected chi connectivity index (χ4v) is 3.88. The molecule has 1 aliphatic heterocycles. The van der Waals surface area contributed by atoms with Crippen LogP contribution >= 0.6 is 22.9 Å². The number of aromatic nitrogens is 2. The largest absolute Gasteiger partial charge is 0.383 e. The molecule has 2 N–H and O–H groups in total. The molecule has 1 fully saturated rings. The summed E-state index contributed by atoms with van der Waals surface area (Å²) in [6, 6.07) is 6.65. The van der Waals surface area contributed by atoms with Crippen molar-refractivity contribution in [3.8, 4) is 0 Å². The van der Waals surface area contributed by atoms with Crippen molar-refractivity contribution in [2.24, 2.45) is 5.92 Å². The topological polar surface area (TPSA) is 114 Å². The lowest BCUT2D eigenvalue weighted by atomic mass is 9.97. The predicted molar refractivity (Wildman–Crippen MR) is 113 cm³/mol. The Labute approximate surface area is 182 Å². The number of hydrogen-bond acceptors (Lipinski definition) is 7. The Bertz CT molecular complexity index is 905. The Kier molecular flexibility index (Phi) is 7.72. The number of methoxy groups -OCH3 is 1. The molecule has 0 aliphatic carbocycles. The van der Waals surface area contributed by atoms with Gasteiger partial charge in [0.1, 0.15) is 0 Å². The van der Waals surface area contributed by atoms with Gasteiger partial charge < -0.3 is 20.3 Å². The first-order valence-corrected chi connectivity index (χ1v) is 10.6. The molecular weight excluding hydrogens is 430 g/mol. The smallest absolute Gasteiger partial charge is 0.286 e. The zero-order valence-electron chi connectivity index (χ0n) is 16.4. The summed E-state index contributed by atoms with van der Waals surface area (Å²) >= 11 is 6.76. The van der Waals surface area contributed by atoms with Crippen LogP contribution in [0.3, 0.4) is 0 Å². The average molecular weight is 452 g/mol. The molecule has 0 unspecified atom stereocenters. The van der Waals surface area contributed by atoms with Crippen molar-refractivity contribution >= 4 is 46.3 Å². The molecule has 3 amide bonds. The number of hydrogen-bond donors (Lipinski definition) is 2. The molecule has 9 nitrogen and oxygen atoms in total. The Morgan fingerprint density at radius 2 is 1.97 bits per heavy atom. The second-order valence-corrected chi connectivity index (χ2v) is 8.16. The van der Waals surface area contributed by atoms with Crippen LogP contribution in [0.25, 0.3) is 0 Å². The minimum Gasteiger partial charge on any atom is -0.383 e. The zero-order chi connectivity index (χ0) is 21.5. The number of ether oxygens (including phenoxy) is 1. The molecule has 30 heavy (non-hydrogen) atoms. The normalized spacial score (nSPS) is 16.2. The molecule has 0 saturated carbocycles. The van der Waals surface area contributed by atoms with E-state index in [1.54, 1.807) is 36.3 Å². The molecule has 1 aromatic heterocycles. The van der Waals surface area contributed by atoms with Crippen LogP contribution in [0.4, 0.5) is 5.69 Å². The third-order valence-corrected chi connectivity index (χ3v) is 5.75. The number of nitrogens with one attached hydrogen (secondary N) is 2. The van der Waals surface area contributed by atoms with Crippen molar-refractivity contribution in [3.63, 3.8) is 0 Å². The van der Waals surface area contributed by atoms with E-state index in [9.17, 15) is 14.4 Å². The van der Waals surface area contributed by atoms with E-state index in [0.29, 0.717) is 43.4 Å². The molecule has 0 spiro atoms. The summed E-state index contributed by atoms with van der Waals surface area (Å²) in [5, 5.41) is 14.0. The predicted octanol–water partition coefficient (Wildman–Crippen LogP) is 2.06. The summed E-state index contributed by atoms with van der Waals surface area (Å²) in [4.78, 5) is 39.0. The number of benzene rings is 1. The number of likely N-dealkylation sites (tertiary alicyclic amines) is 1. The Hall–Kier alpha value is -2.56. The molecule has 2 heterocycles. The van der Waals surface area contributed by atoms with E-state index in [1.165, 1.54) is 0 Å². The van der Waals surface area contributed by atoms with Crippen LogP contribution in [-0.2, 0) is 9.53 Å². The number of piperidine rings is 1. The van der Waals surface area contributed by atoms with Crippen LogP contribution < -0.4 is 10.6 Å². The van der Waals surface area contributed by atoms with Gasteiger partial charge in [-0.25, -0.2) is 0 Å². The number of rotatable bonds is 7. The first-order chi connectivity index (χ1) is 14.5. The summed E-state index contributed by atoms with van der Waals surface area (Å²) in [5.41, 5.74) is 0.561. The molecule has 0 radical (unpaired) electrons. The molecular formula is C19H22ClN5O4S. The van der Waals surface area contributed by atoms with Gasteiger partial charge in [0.25, 0.3) is 11.8 Å². The van der Waals surface area contributed by atoms with Crippen LogP contribution in [0.2, 0.25) is 5.02 Å². The molecule has 11 heteroatoms. The Morgan fingerprint density at radius 1 is 1.23 bits per heavy atom. The highest BCUT2D eigenvalue weighted by Gasteiger charge is 2.30. The number of carbonyl (C=O) groups excluding carboxylic acids is 3. The van der Waals surface area contributed by atoms with Crippen molar-refractivity contribution < 1.29 is 19.1 Å². The van der Waals surface area contributed by atoms with Crippen LogP contribution in [0, 0.1) is 5.92 Å². The maximum absolute atomic E-state index is 12.8. The molecule has 1 saturated heterocycles. The van der Waals surface area contributed by atoms with Crippen LogP contribution in [0.1, 0.15) is 32.4 Å². The lowest BCUT2D eigenvalue weighted by Crippen LogP contribution is -2.45.